The van der Waals surface area contributed by atoms with Crippen molar-refractivity contribution in [3.8, 4) is 0 Å². The van der Waals surface area contributed by atoms with Crippen molar-refractivity contribution in [2.45, 2.75) is 6.92 Å². The van der Waals surface area contributed by atoms with Crippen molar-refractivity contribution < 1.29 is 14.3 Å². The zero-order valence-electron chi connectivity index (χ0n) is 11.8. The Balaban J connectivity index is 1.96. The standard InChI is InChI=1S/C15H16N2O3S/c1-10-3-8-13(21-10)15(19)17-12-6-4-11(5-7-12)16-14(18)9-20-2/h3-8H,9H2,1-2H3,(H,16,18)(H,17,19). The molecule has 0 atom stereocenters. The quantitative estimate of drug-likeness (QED) is 0.892. The molecule has 0 fully saturated rings. The van der Waals surface area contributed by atoms with E-state index in [1.807, 2.05) is 13.0 Å². The fourth-order valence-electron chi connectivity index (χ4n) is 1.71. The van der Waals surface area contributed by atoms with Crippen molar-refractivity contribution in [3.63, 3.8) is 0 Å². The van der Waals surface area contributed by atoms with Crippen LogP contribution in [-0.4, -0.2) is 25.5 Å². The van der Waals surface area contributed by atoms with Gasteiger partial charge in [0.25, 0.3) is 5.91 Å². The minimum Gasteiger partial charge on any atom is -0.375 e. The molecule has 0 bridgehead atoms. The highest BCUT2D eigenvalue weighted by molar-refractivity contribution is 7.14. The summed E-state index contributed by atoms with van der Waals surface area (Å²) < 4.78 is 4.74. The maximum atomic E-state index is 12.0. The summed E-state index contributed by atoms with van der Waals surface area (Å²) in [7, 11) is 1.46. The smallest absolute Gasteiger partial charge is 0.265 e. The normalized spacial score (nSPS) is 10.2. The number of nitrogens with one attached hydrogen (secondary N) is 2. The topological polar surface area (TPSA) is 67.4 Å². The highest BCUT2D eigenvalue weighted by atomic mass is 32.1. The van der Waals surface area contributed by atoms with Crippen molar-refractivity contribution in [2.75, 3.05) is 24.4 Å². The Labute approximate surface area is 126 Å². The monoisotopic (exact) mass is 304 g/mol. The molecule has 2 aromatic rings. The molecule has 0 aliphatic heterocycles. The molecule has 0 aliphatic carbocycles. The highest BCUT2D eigenvalue weighted by Gasteiger charge is 2.08. The van der Waals surface area contributed by atoms with Crippen LogP contribution in [-0.2, 0) is 9.53 Å². The molecule has 2 rings (SSSR count). The Bertz CT molecular complexity index is 635. The molecular weight excluding hydrogens is 288 g/mol. The van der Waals surface area contributed by atoms with E-state index in [9.17, 15) is 9.59 Å². The molecule has 0 saturated carbocycles. The number of aryl methyl sites for hydroxylation is 1. The number of ether oxygens (including phenoxy) is 1. The molecule has 0 unspecified atom stereocenters. The molecule has 1 aromatic heterocycles. The lowest BCUT2D eigenvalue weighted by Crippen LogP contribution is -2.17. The van der Waals surface area contributed by atoms with Crippen LogP contribution in [0.15, 0.2) is 36.4 Å². The second kappa shape index (κ2) is 7.01. The molecule has 0 aliphatic rings. The van der Waals surface area contributed by atoms with Gasteiger partial charge in [0.15, 0.2) is 0 Å². The van der Waals surface area contributed by atoms with E-state index in [-0.39, 0.29) is 18.4 Å². The van der Waals surface area contributed by atoms with Gasteiger partial charge in [0.1, 0.15) is 6.61 Å². The summed E-state index contributed by atoms with van der Waals surface area (Å²) in [6.45, 7) is 1.97. The van der Waals surface area contributed by atoms with E-state index in [0.717, 1.165) is 4.88 Å². The Morgan fingerprint density at radius 1 is 1.05 bits per heavy atom. The van der Waals surface area contributed by atoms with Crippen LogP contribution in [0, 0.1) is 6.92 Å². The van der Waals surface area contributed by atoms with Crippen LogP contribution in [0.5, 0.6) is 0 Å². The molecule has 6 heteroatoms. The third-order valence-electron chi connectivity index (χ3n) is 2.67. The first-order valence-electron chi connectivity index (χ1n) is 6.35. The first kappa shape index (κ1) is 15.2. The first-order chi connectivity index (χ1) is 10.1. The van der Waals surface area contributed by atoms with Gasteiger partial charge in [0.2, 0.25) is 5.91 Å². The Morgan fingerprint density at radius 3 is 2.19 bits per heavy atom. The van der Waals surface area contributed by atoms with E-state index >= 15 is 0 Å². The second-order valence-corrected chi connectivity index (χ2v) is 5.71. The number of anilines is 2. The number of hydrogen-bond donors (Lipinski definition) is 2. The number of carbonyl (C=O) groups excluding carboxylic acids is 2. The summed E-state index contributed by atoms with van der Waals surface area (Å²) in [6, 6.07) is 10.6. The van der Waals surface area contributed by atoms with E-state index in [4.69, 9.17) is 4.74 Å². The van der Waals surface area contributed by atoms with E-state index < -0.39 is 0 Å². The van der Waals surface area contributed by atoms with Gasteiger partial charge < -0.3 is 15.4 Å². The molecule has 5 nitrogen and oxygen atoms in total. The minimum atomic E-state index is -0.219. The maximum absolute atomic E-state index is 12.0. The lowest BCUT2D eigenvalue weighted by Gasteiger charge is -2.07. The maximum Gasteiger partial charge on any atom is 0.265 e. The van der Waals surface area contributed by atoms with Crippen molar-refractivity contribution >= 4 is 34.5 Å². The van der Waals surface area contributed by atoms with Crippen molar-refractivity contribution in [1.29, 1.82) is 0 Å². The number of hydrogen-bond acceptors (Lipinski definition) is 4. The number of amides is 2. The molecular formula is C15H16N2O3S. The van der Waals surface area contributed by atoms with Crippen LogP contribution in [0.1, 0.15) is 14.5 Å². The third-order valence-corrected chi connectivity index (χ3v) is 3.67. The molecule has 1 aromatic carbocycles. The minimum absolute atomic E-state index is 0.0101. The van der Waals surface area contributed by atoms with Crippen molar-refractivity contribution in [2.24, 2.45) is 0 Å². The molecule has 0 radical (unpaired) electrons. The van der Waals surface area contributed by atoms with Gasteiger partial charge in [-0.15, -0.1) is 11.3 Å². The summed E-state index contributed by atoms with van der Waals surface area (Å²) in [5.74, 6) is -0.354. The van der Waals surface area contributed by atoms with Crippen LogP contribution in [0.25, 0.3) is 0 Å². The van der Waals surface area contributed by atoms with Crippen LogP contribution in [0.3, 0.4) is 0 Å². The van der Waals surface area contributed by atoms with Gasteiger partial charge in [-0.25, -0.2) is 0 Å². The van der Waals surface area contributed by atoms with Crippen LogP contribution in [0.2, 0.25) is 0 Å². The molecule has 1 heterocycles. The molecule has 21 heavy (non-hydrogen) atoms. The van der Waals surface area contributed by atoms with E-state index in [0.29, 0.717) is 16.3 Å². The van der Waals surface area contributed by atoms with E-state index in [2.05, 4.69) is 10.6 Å². The van der Waals surface area contributed by atoms with Crippen LogP contribution < -0.4 is 10.6 Å². The summed E-state index contributed by atoms with van der Waals surface area (Å²) in [5.41, 5.74) is 1.33. The largest absolute Gasteiger partial charge is 0.375 e. The molecule has 110 valence electrons. The second-order valence-electron chi connectivity index (χ2n) is 4.42. The Morgan fingerprint density at radius 2 is 1.67 bits per heavy atom. The van der Waals surface area contributed by atoms with Crippen LogP contribution >= 0.6 is 11.3 Å². The molecule has 0 saturated heterocycles. The lowest BCUT2D eigenvalue weighted by atomic mass is 10.2. The number of benzene rings is 1. The summed E-state index contributed by atoms with van der Waals surface area (Å²) >= 11 is 1.45. The van der Waals surface area contributed by atoms with E-state index in [1.165, 1.54) is 18.4 Å². The Hall–Kier alpha value is -2.18. The predicted molar refractivity (Wildman–Crippen MR) is 84.0 cm³/mol. The van der Waals surface area contributed by atoms with Gasteiger partial charge in [-0.2, -0.15) is 0 Å². The zero-order chi connectivity index (χ0) is 15.2. The fraction of sp³-hybridized carbons (Fsp3) is 0.200. The number of carbonyl (C=O) groups is 2. The van der Waals surface area contributed by atoms with Gasteiger partial charge in [0, 0.05) is 23.4 Å². The van der Waals surface area contributed by atoms with Crippen LogP contribution in [0.4, 0.5) is 11.4 Å². The van der Waals surface area contributed by atoms with Gasteiger partial charge >= 0.3 is 0 Å². The SMILES string of the molecule is COCC(=O)Nc1ccc(NC(=O)c2ccc(C)s2)cc1. The average molecular weight is 304 g/mol. The molecule has 2 N–H and O–H groups in total. The van der Waals surface area contributed by atoms with Gasteiger partial charge in [-0.3, -0.25) is 9.59 Å². The number of rotatable bonds is 5. The Kier molecular flexibility index (Phi) is 5.08. The lowest BCUT2D eigenvalue weighted by molar-refractivity contribution is -0.119. The molecule has 2 amide bonds. The van der Waals surface area contributed by atoms with Crippen molar-refractivity contribution in [1.82, 2.24) is 0 Å². The van der Waals surface area contributed by atoms with Gasteiger partial charge in [-0.1, -0.05) is 0 Å². The summed E-state index contributed by atoms with van der Waals surface area (Å²) in [4.78, 5) is 25.1. The summed E-state index contributed by atoms with van der Waals surface area (Å²) in [5, 5.41) is 5.50. The summed E-state index contributed by atoms with van der Waals surface area (Å²) in [6.07, 6.45) is 0. The van der Waals surface area contributed by atoms with Gasteiger partial charge in [-0.05, 0) is 43.3 Å². The molecule has 0 spiro atoms. The van der Waals surface area contributed by atoms with Gasteiger partial charge in [0.05, 0.1) is 4.88 Å². The average Bonchev–Trinajstić information content (AvgIpc) is 2.88. The zero-order valence-corrected chi connectivity index (χ0v) is 12.6. The fourth-order valence-corrected chi connectivity index (χ4v) is 2.48. The highest BCUT2D eigenvalue weighted by Crippen LogP contribution is 2.18. The predicted octanol–water partition coefficient (Wildman–Crippen LogP) is 2.89. The first-order valence-corrected chi connectivity index (χ1v) is 7.17. The van der Waals surface area contributed by atoms with Crippen molar-refractivity contribution in [3.05, 3.63) is 46.2 Å². The van der Waals surface area contributed by atoms with E-state index in [1.54, 1.807) is 30.3 Å². The number of thiophene rings is 1. The third kappa shape index (κ3) is 4.40. The number of methoxy groups -OCH3 is 1.